The largest absolute Gasteiger partial charge is 0.389 e. The average molecular weight is 292 g/mol. The third-order valence-electron chi connectivity index (χ3n) is 3.37. The lowest BCUT2D eigenvalue weighted by Gasteiger charge is -2.35. The Morgan fingerprint density at radius 1 is 1.35 bits per heavy atom. The molecule has 2 aromatic rings. The predicted octanol–water partition coefficient (Wildman–Crippen LogP) is 1.65. The summed E-state index contributed by atoms with van der Waals surface area (Å²) >= 11 is 5.85. The number of rotatable bonds is 2. The van der Waals surface area contributed by atoms with E-state index in [1.165, 1.54) is 0 Å². The standard InChI is InChI=1S/C14H14ClN3O2/c1-9-13(14(20)17-6-12(19)7-17)8-18(16-9)11-4-2-10(15)3-5-11/h2-5,8,12,19H,6-7H2,1H3. The van der Waals surface area contributed by atoms with Crippen LogP contribution < -0.4 is 0 Å². The highest BCUT2D eigenvalue weighted by molar-refractivity contribution is 6.30. The van der Waals surface area contributed by atoms with E-state index in [9.17, 15) is 9.90 Å². The van der Waals surface area contributed by atoms with E-state index in [1.807, 2.05) is 12.1 Å². The molecule has 20 heavy (non-hydrogen) atoms. The molecule has 3 rings (SSSR count). The first-order valence-electron chi connectivity index (χ1n) is 6.34. The van der Waals surface area contributed by atoms with Crippen LogP contribution in [0.2, 0.25) is 5.02 Å². The molecule has 5 nitrogen and oxygen atoms in total. The van der Waals surface area contributed by atoms with Crippen molar-refractivity contribution in [1.29, 1.82) is 0 Å². The molecule has 104 valence electrons. The number of aliphatic hydroxyl groups is 1. The van der Waals surface area contributed by atoms with Crippen molar-refractivity contribution >= 4 is 17.5 Å². The Hall–Kier alpha value is -1.85. The summed E-state index contributed by atoms with van der Waals surface area (Å²) in [5.41, 5.74) is 2.08. The fraction of sp³-hybridized carbons (Fsp3) is 0.286. The summed E-state index contributed by atoms with van der Waals surface area (Å²) in [4.78, 5) is 13.8. The van der Waals surface area contributed by atoms with Crippen molar-refractivity contribution in [2.75, 3.05) is 13.1 Å². The highest BCUT2D eigenvalue weighted by atomic mass is 35.5. The van der Waals surface area contributed by atoms with Crippen molar-refractivity contribution in [1.82, 2.24) is 14.7 Å². The monoisotopic (exact) mass is 291 g/mol. The van der Waals surface area contributed by atoms with Gasteiger partial charge < -0.3 is 10.0 Å². The van der Waals surface area contributed by atoms with E-state index in [2.05, 4.69) is 5.10 Å². The zero-order chi connectivity index (χ0) is 14.3. The molecule has 1 N–H and O–H groups in total. The Morgan fingerprint density at radius 2 is 2.00 bits per heavy atom. The van der Waals surface area contributed by atoms with Crippen LogP contribution >= 0.6 is 11.6 Å². The zero-order valence-corrected chi connectivity index (χ0v) is 11.7. The van der Waals surface area contributed by atoms with Crippen LogP contribution in [0, 0.1) is 6.92 Å². The molecule has 0 radical (unpaired) electrons. The van der Waals surface area contributed by atoms with Gasteiger partial charge in [-0.25, -0.2) is 4.68 Å². The van der Waals surface area contributed by atoms with E-state index in [0.29, 0.717) is 29.4 Å². The van der Waals surface area contributed by atoms with Gasteiger partial charge >= 0.3 is 0 Å². The minimum Gasteiger partial charge on any atom is -0.389 e. The van der Waals surface area contributed by atoms with Gasteiger partial charge in [-0.1, -0.05) is 11.6 Å². The normalized spacial score (nSPS) is 15.2. The lowest BCUT2D eigenvalue weighted by molar-refractivity contribution is 0.00584. The highest BCUT2D eigenvalue weighted by Crippen LogP contribution is 2.18. The second kappa shape index (κ2) is 4.92. The van der Waals surface area contributed by atoms with Crippen molar-refractivity contribution in [3.05, 3.63) is 46.7 Å². The second-order valence-corrected chi connectivity index (χ2v) is 5.35. The molecular weight excluding hydrogens is 278 g/mol. The third-order valence-corrected chi connectivity index (χ3v) is 3.62. The lowest BCUT2D eigenvalue weighted by Crippen LogP contribution is -2.53. The Kier molecular flexibility index (Phi) is 3.23. The molecule has 1 aliphatic rings. The van der Waals surface area contributed by atoms with Crippen LogP contribution in [0.25, 0.3) is 5.69 Å². The smallest absolute Gasteiger partial charge is 0.257 e. The number of carbonyl (C=O) groups is 1. The zero-order valence-electron chi connectivity index (χ0n) is 11.0. The summed E-state index contributed by atoms with van der Waals surface area (Å²) in [6.07, 6.45) is 1.32. The van der Waals surface area contributed by atoms with Gasteiger partial charge in [-0.2, -0.15) is 5.10 Å². The maximum Gasteiger partial charge on any atom is 0.257 e. The fourth-order valence-electron chi connectivity index (χ4n) is 2.19. The van der Waals surface area contributed by atoms with Crippen LogP contribution in [0.1, 0.15) is 16.1 Å². The summed E-state index contributed by atoms with van der Waals surface area (Å²) < 4.78 is 1.66. The molecule has 1 amide bonds. The van der Waals surface area contributed by atoms with Crippen molar-refractivity contribution in [2.24, 2.45) is 0 Å². The van der Waals surface area contributed by atoms with Gasteiger partial charge in [0.2, 0.25) is 0 Å². The number of nitrogens with zero attached hydrogens (tertiary/aromatic N) is 3. The van der Waals surface area contributed by atoms with Crippen LogP contribution in [0.4, 0.5) is 0 Å². The Bertz CT molecular complexity index is 645. The highest BCUT2D eigenvalue weighted by Gasteiger charge is 2.31. The minimum absolute atomic E-state index is 0.0898. The molecule has 1 aromatic carbocycles. The number of hydrogen-bond donors (Lipinski definition) is 1. The number of β-amino-alcohol motifs (C(OH)–C–C–N with tert-alkyl or cyclic N) is 1. The van der Waals surface area contributed by atoms with Crippen LogP contribution in [0.3, 0.4) is 0 Å². The Morgan fingerprint density at radius 3 is 2.60 bits per heavy atom. The number of benzene rings is 1. The SMILES string of the molecule is Cc1nn(-c2ccc(Cl)cc2)cc1C(=O)N1CC(O)C1. The van der Waals surface area contributed by atoms with Crippen molar-refractivity contribution in [3.63, 3.8) is 0 Å². The van der Waals surface area contributed by atoms with E-state index < -0.39 is 6.10 Å². The molecule has 0 atom stereocenters. The molecule has 1 fully saturated rings. The van der Waals surface area contributed by atoms with Crippen LogP contribution in [-0.2, 0) is 0 Å². The quantitative estimate of drug-likeness (QED) is 0.915. The fourth-order valence-corrected chi connectivity index (χ4v) is 2.31. The number of aliphatic hydroxyl groups excluding tert-OH is 1. The number of aryl methyl sites for hydroxylation is 1. The van der Waals surface area contributed by atoms with Gasteiger partial charge in [0.1, 0.15) is 0 Å². The first-order chi connectivity index (χ1) is 9.54. The number of amides is 1. The molecule has 0 aliphatic carbocycles. The average Bonchev–Trinajstić information content (AvgIpc) is 2.77. The summed E-state index contributed by atoms with van der Waals surface area (Å²) in [7, 11) is 0. The number of aromatic nitrogens is 2. The molecular formula is C14H14ClN3O2. The minimum atomic E-state index is -0.398. The molecule has 0 bridgehead atoms. The number of hydrogen-bond acceptors (Lipinski definition) is 3. The van der Waals surface area contributed by atoms with Gasteiger partial charge in [-0.15, -0.1) is 0 Å². The molecule has 0 saturated carbocycles. The van der Waals surface area contributed by atoms with Crippen LogP contribution in [0.15, 0.2) is 30.5 Å². The van der Waals surface area contributed by atoms with Crippen LogP contribution in [0.5, 0.6) is 0 Å². The second-order valence-electron chi connectivity index (χ2n) is 4.91. The summed E-state index contributed by atoms with van der Waals surface area (Å²) in [6, 6.07) is 7.25. The van der Waals surface area contributed by atoms with Crippen molar-refractivity contribution < 1.29 is 9.90 Å². The van der Waals surface area contributed by atoms with Crippen molar-refractivity contribution in [2.45, 2.75) is 13.0 Å². The van der Waals surface area contributed by atoms with Crippen molar-refractivity contribution in [3.8, 4) is 5.69 Å². The number of likely N-dealkylation sites (tertiary alicyclic amines) is 1. The van der Waals surface area contributed by atoms with Crippen LogP contribution in [-0.4, -0.2) is 44.9 Å². The van der Waals surface area contributed by atoms with Gasteiger partial charge in [-0.05, 0) is 31.2 Å². The van der Waals surface area contributed by atoms with Gasteiger partial charge in [0, 0.05) is 24.3 Å². The van der Waals surface area contributed by atoms with E-state index in [1.54, 1.807) is 34.8 Å². The molecule has 0 spiro atoms. The molecule has 6 heteroatoms. The maximum atomic E-state index is 12.2. The molecule has 1 aromatic heterocycles. The van der Waals surface area contributed by atoms with Gasteiger partial charge in [-0.3, -0.25) is 4.79 Å². The predicted molar refractivity (Wildman–Crippen MR) is 75.2 cm³/mol. The molecule has 1 aliphatic heterocycles. The lowest BCUT2D eigenvalue weighted by atomic mass is 10.1. The Labute approximate surface area is 121 Å². The van der Waals surface area contributed by atoms with E-state index in [0.717, 1.165) is 5.69 Å². The number of carbonyl (C=O) groups excluding carboxylic acids is 1. The van der Waals surface area contributed by atoms with Gasteiger partial charge in [0.25, 0.3) is 5.91 Å². The van der Waals surface area contributed by atoms with Gasteiger partial charge in [0.15, 0.2) is 0 Å². The first kappa shape index (κ1) is 13.1. The first-order valence-corrected chi connectivity index (χ1v) is 6.72. The summed E-state index contributed by atoms with van der Waals surface area (Å²) in [6.45, 7) is 2.59. The van der Waals surface area contributed by atoms with E-state index in [4.69, 9.17) is 11.6 Å². The molecule has 1 saturated heterocycles. The Balaban J connectivity index is 1.87. The van der Waals surface area contributed by atoms with E-state index in [-0.39, 0.29) is 5.91 Å². The molecule has 2 heterocycles. The third kappa shape index (κ3) is 2.30. The molecule has 0 unspecified atom stereocenters. The summed E-state index contributed by atoms with van der Waals surface area (Å²) in [5, 5.41) is 14.3. The maximum absolute atomic E-state index is 12.2. The number of halogens is 1. The van der Waals surface area contributed by atoms with Gasteiger partial charge in [0.05, 0.1) is 23.0 Å². The topological polar surface area (TPSA) is 58.4 Å². The van der Waals surface area contributed by atoms with E-state index >= 15 is 0 Å². The summed E-state index contributed by atoms with van der Waals surface area (Å²) in [5.74, 6) is -0.0898.